The first-order valence-electron chi connectivity index (χ1n) is 7.23. The van der Waals surface area contributed by atoms with Gasteiger partial charge in [0.25, 0.3) is 0 Å². The molecule has 0 amide bonds. The summed E-state index contributed by atoms with van der Waals surface area (Å²) in [6, 6.07) is 5.35. The molecule has 134 valence electrons. The fourth-order valence-electron chi connectivity index (χ4n) is 1.77. The van der Waals surface area contributed by atoms with Gasteiger partial charge in [-0.05, 0) is 73.2 Å². The molecule has 0 aliphatic rings. The predicted molar refractivity (Wildman–Crippen MR) is 106 cm³/mol. The summed E-state index contributed by atoms with van der Waals surface area (Å²) in [4.78, 5) is 19.5. The molecule has 6 nitrogen and oxygen atoms in total. The maximum atomic E-state index is 11.7. The summed E-state index contributed by atoms with van der Waals surface area (Å²) >= 11 is 13.9. The maximum Gasteiger partial charge on any atom is 0.344 e. The lowest BCUT2D eigenvalue weighted by Crippen LogP contribution is -2.27. The zero-order chi connectivity index (χ0) is 18.6. The molecule has 0 atom stereocenters. The molecule has 0 radical (unpaired) electrons. The maximum absolute atomic E-state index is 11.7. The number of carbonyl (C=O) groups is 1. The highest BCUT2D eigenvalue weighted by Crippen LogP contribution is 2.28. The van der Waals surface area contributed by atoms with Gasteiger partial charge in [0.2, 0.25) is 5.28 Å². The number of hydrogen-bond donors (Lipinski definition) is 1. The van der Waals surface area contributed by atoms with Gasteiger partial charge in [-0.3, -0.25) is 0 Å². The zero-order valence-electron chi connectivity index (χ0n) is 13.8. The van der Waals surface area contributed by atoms with Crippen molar-refractivity contribution in [3.8, 4) is 5.75 Å². The average Bonchev–Trinajstić information content (AvgIpc) is 2.48. The molecule has 2 rings (SSSR count). The summed E-state index contributed by atoms with van der Waals surface area (Å²) < 4.78 is 11.5. The first-order chi connectivity index (χ1) is 11.6. The molecule has 1 N–H and O–H groups in total. The Hall–Kier alpha value is -1.32. The molecule has 0 fully saturated rings. The molecule has 0 aliphatic heterocycles. The number of anilines is 2. The fourth-order valence-corrected chi connectivity index (χ4v) is 2.72. The third kappa shape index (κ3) is 6.48. The van der Waals surface area contributed by atoms with Crippen molar-refractivity contribution in [2.45, 2.75) is 26.4 Å². The van der Waals surface area contributed by atoms with Gasteiger partial charge in [-0.1, -0.05) is 11.6 Å². The Balaban J connectivity index is 2.03. The number of aromatic nitrogens is 2. The first kappa shape index (κ1) is 20.0. The minimum atomic E-state index is -0.542. The zero-order valence-corrected chi connectivity index (χ0v) is 17.4. The topological polar surface area (TPSA) is 73.3 Å². The third-order valence-electron chi connectivity index (χ3n) is 2.67. The summed E-state index contributed by atoms with van der Waals surface area (Å²) in [5, 5.41) is 3.51. The SMILES string of the molecule is CC(C)(C)OC(=O)COc1ccc(Nc2nc(Cl)ncc2Cl)cc1I. The van der Waals surface area contributed by atoms with E-state index in [2.05, 4.69) is 37.9 Å². The van der Waals surface area contributed by atoms with Crippen LogP contribution in [0.2, 0.25) is 10.3 Å². The van der Waals surface area contributed by atoms with Crippen LogP contribution < -0.4 is 10.1 Å². The van der Waals surface area contributed by atoms with E-state index in [1.165, 1.54) is 6.20 Å². The lowest BCUT2D eigenvalue weighted by atomic mass is 10.2. The molecule has 0 saturated carbocycles. The van der Waals surface area contributed by atoms with E-state index in [0.717, 1.165) is 9.26 Å². The van der Waals surface area contributed by atoms with Gasteiger partial charge in [0.15, 0.2) is 12.4 Å². The van der Waals surface area contributed by atoms with Crippen LogP contribution in [0, 0.1) is 3.57 Å². The van der Waals surface area contributed by atoms with Crippen molar-refractivity contribution in [1.29, 1.82) is 0 Å². The molecule has 0 aliphatic carbocycles. The second-order valence-corrected chi connectivity index (χ2v) is 7.89. The quantitative estimate of drug-likeness (QED) is 0.363. The number of ether oxygens (including phenoxy) is 2. The Kier molecular flexibility index (Phi) is 6.70. The minimum Gasteiger partial charge on any atom is -0.481 e. The van der Waals surface area contributed by atoms with Gasteiger partial charge in [-0.15, -0.1) is 0 Å². The predicted octanol–water partition coefficient (Wildman–Crippen LogP) is 4.85. The van der Waals surface area contributed by atoms with Crippen LogP contribution in [0.5, 0.6) is 5.75 Å². The van der Waals surface area contributed by atoms with Crippen molar-refractivity contribution in [3.05, 3.63) is 38.3 Å². The standard InChI is InChI=1S/C16H16Cl2IN3O3/c1-16(2,3)25-13(23)8-24-12-5-4-9(6-11(12)19)21-14-10(17)7-20-15(18)22-14/h4-7H,8H2,1-3H3,(H,20,21,22). The highest BCUT2D eigenvalue weighted by molar-refractivity contribution is 14.1. The molecular weight excluding hydrogens is 480 g/mol. The molecule has 9 heteroatoms. The summed E-state index contributed by atoms with van der Waals surface area (Å²) in [6.45, 7) is 5.26. The molecule has 25 heavy (non-hydrogen) atoms. The van der Waals surface area contributed by atoms with Crippen LogP contribution in [0.25, 0.3) is 0 Å². The molecule has 0 bridgehead atoms. The fraction of sp³-hybridized carbons (Fsp3) is 0.312. The molecule has 1 aromatic heterocycles. The van der Waals surface area contributed by atoms with Crippen LogP contribution in [0.15, 0.2) is 24.4 Å². The monoisotopic (exact) mass is 495 g/mol. The Morgan fingerprint density at radius 3 is 2.68 bits per heavy atom. The van der Waals surface area contributed by atoms with Gasteiger partial charge in [0, 0.05) is 5.69 Å². The van der Waals surface area contributed by atoms with E-state index in [-0.39, 0.29) is 11.9 Å². The Labute approximate surface area is 169 Å². The van der Waals surface area contributed by atoms with E-state index in [4.69, 9.17) is 32.7 Å². The highest BCUT2D eigenvalue weighted by Gasteiger charge is 2.17. The molecule has 0 saturated heterocycles. The van der Waals surface area contributed by atoms with Crippen LogP contribution in [0.1, 0.15) is 20.8 Å². The van der Waals surface area contributed by atoms with E-state index >= 15 is 0 Å². The smallest absolute Gasteiger partial charge is 0.344 e. The van der Waals surface area contributed by atoms with Gasteiger partial charge >= 0.3 is 5.97 Å². The van der Waals surface area contributed by atoms with Crippen LogP contribution in [0.4, 0.5) is 11.5 Å². The van der Waals surface area contributed by atoms with Gasteiger partial charge in [0.1, 0.15) is 16.4 Å². The highest BCUT2D eigenvalue weighted by atomic mass is 127. The Morgan fingerprint density at radius 2 is 2.04 bits per heavy atom. The van der Waals surface area contributed by atoms with Crippen molar-refractivity contribution in [2.75, 3.05) is 11.9 Å². The van der Waals surface area contributed by atoms with E-state index in [1.54, 1.807) is 32.9 Å². The van der Waals surface area contributed by atoms with Crippen LogP contribution in [-0.2, 0) is 9.53 Å². The number of nitrogens with zero attached hydrogens (tertiary/aromatic N) is 2. The Bertz CT molecular complexity index is 782. The average molecular weight is 496 g/mol. The number of hydrogen-bond acceptors (Lipinski definition) is 6. The minimum absolute atomic E-state index is 0.0962. The third-order valence-corrected chi connectivity index (χ3v) is 3.98. The second kappa shape index (κ2) is 8.37. The molecule has 1 heterocycles. The largest absolute Gasteiger partial charge is 0.481 e. The molecular formula is C16H16Cl2IN3O3. The van der Waals surface area contributed by atoms with E-state index in [0.29, 0.717) is 16.6 Å². The van der Waals surface area contributed by atoms with Crippen molar-refractivity contribution in [1.82, 2.24) is 9.97 Å². The molecule has 0 unspecified atom stereocenters. The van der Waals surface area contributed by atoms with E-state index < -0.39 is 11.6 Å². The van der Waals surface area contributed by atoms with Crippen LogP contribution in [-0.4, -0.2) is 28.1 Å². The molecule has 2 aromatic rings. The number of nitrogens with one attached hydrogen (secondary N) is 1. The summed E-state index contributed by atoms with van der Waals surface area (Å²) in [5.41, 5.74) is 0.199. The molecule has 0 spiro atoms. The number of rotatable bonds is 5. The normalized spacial score (nSPS) is 11.1. The van der Waals surface area contributed by atoms with E-state index in [1.807, 2.05) is 6.07 Å². The number of benzene rings is 1. The lowest BCUT2D eigenvalue weighted by Gasteiger charge is -2.19. The van der Waals surface area contributed by atoms with Crippen LogP contribution >= 0.6 is 45.8 Å². The second-order valence-electron chi connectivity index (χ2n) is 5.98. The van der Waals surface area contributed by atoms with Crippen molar-refractivity contribution in [2.24, 2.45) is 0 Å². The lowest BCUT2D eigenvalue weighted by molar-refractivity contribution is -0.157. The van der Waals surface area contributed by atoms with Gasteiger partial charge < -0.3 is 14.8 Å². The van der Waals surface area contributed by atoms with Crippen molar-refractivity contribution in [3.63, 3.8) is 0 Å². The van der Waals surface area contributed by atoms with Crippen molar-refractivity contribution >= 4 is 63.3 Å². The summed E-state index contributed by atoms with van der Waals surface area (Å²) in [5.74, 6) is 0.552. The van der Waals surface area contributed by atoms with Crippen molar-refractivity contribution < 1.29 is 14.3 Å². The Morgan fingerprint density at radius 1 is 1.32 bits per heavy atom. The number of halogens is 3. The summed E-state index contributed by atoms with van der Waals surface area (Å²) in [7, 11) is 0. The van der Waals surface area contributed by atoms with Gasteiger partial charge in [-0.25, -0.2) is 9.78 Å². The first-order valence-corrected chi connectivity index (χ1v) is 9.07. The van der Waals surface area contributed by atoms with Crippen LogP contribution in [0.3, 0.4) is 0 Å². The summed E-state index contributed by atoms with van der Waals surface area (Å²) in [6.07, 6.45) is 1.42. The number of carbonyl (C=O) groups excluding carboxylic acids is 1. The van der Waals surface area contributed by atoms with Gasteiger partial charge in [0.05, 0.1) is 9.77 Å². The molecule has 1 aromatic carbocycles. The number of esters is 1. The van der Waals surface area contributed by atoms with E-state index in [9.17, 15) is 4.79 Å². The van der Waals surface area contributed by atoms with Gasteiger partial charge in [-0.2, -0.15) is 4.98 Å².